The summed E-state index contributed by atoms with van der Waals surface area (Å²) in [5.41, 5.74) is -0.242. The first-order chi connectivity index (χ1) is 6.13. The first kappa shape index (κ1) is 10.6. The number of alkyl halides is 1. The van der Waals surface area contributed by atoms with Crippen molar-refractivity contribution < 1.29 is 9.53 Å². The number of hydrogen-bond acceptors (Lipinski definition) is 2. The van der Waals surface area contributed by atoms with Crippen molar-refractivity contribution in [2.75, 3.05) is 0 Å². The molecule has 0 saturated carbocycles. The Morgan fingerprint density at radius 2 is 2.15 bits per heavy atom. The minimum Gasteiger partial charge on any atom is -0.414 e. The molecule has 0 heterocycles. The molecule has 70 valence electrons. The molecule has 0 radical (unpaired) electrons. The average molecular weight is 239 g/mol. The van der Waals surface area contributed by atoms with Gasteiger partial charge in [-0.3, -0.25) is 0 Å². The molecule has 0 aromatic heterocycles. The fraction of sp³-hybridized carbons (Fsp3) is 0.125. The maximum Gasteiger partial charge on any atom is 0.409 e. The van der Waals surface area contributed by atoms with Crippen molar-refractivity contribution in [2.45, 2.75) is 5.88 Å². The van der Waals surface area contributed by atoms with Crippen molar-refractivity contribution in [3.63, 3.8) is 0 Å². The first-order valence-corrected chi connectivity index (χ1v) is 4.64. The SMILES string of the molecule is O=C(Cl)Oc1cc(Cl)ccc1CCl. The lowest BCUT2D eigenvalue weighted by Gasteiger charge is -2.05. The molecule has 0 aliphatic rings. The van der Waals surface area contributed by atoms with Crippen LogP contribution in [0.1, 0.15) is 5.56 Å². The van der Waals surface area contributed by atoms with Crippen molar-refractivity contribution in [2.24, 2.45) is 0 Å². The minimum absolute atomic E-state index is 0.233. The lowest BCUT2D eigenvalue weighted by Crippen LogP contribution is -1.98. The Morgan fingerprint density at radius 1 is 1.46 bits per heavy atom. The summed E-state index contributed by atoms with van der Waals surface area (Å²) in [7, 11) is 0. The zero-order valence-electron chi connectivity index (χ0n) is 6.39. The van der Waals surface area contributed by atoms with Crippen LogP contribution in [0.3, 0.4) is 0 Å². The molecular weight excluding hydrogens is 234 g/mol. The summed E-state index contributed by atoms with van der Waals surface area (Å²) in [5.74, 6) is 0.527. The highest BCUT2D eigenvalue weighted by Gasteiger charge is 2.06. The Morgan fingerprint density at radius 3 is 2.69 bits per heavy atom. The second-order valence-corrected chi connectivity index (χ2v) is 3.24. The van der Waals surface area contributed by atoms with Crippen LogP contribution in [-0.4, -0.2) is 5.43 Å². The molecule has 0 amide bonds. The van der Waals surface area contributed by atoms with Crippen molar-refractivity contribution >= 4 is 40.2 Å². The van der Waals surface area contributed by atoms with Crippen molar-refractivity contribution in [3.05, 3.63) is 28.8 Å². The lowest BCUT2D eigenvalue weighted by atomic mass is 10.2. The molecule has 1 aromatic carbocycles. The van der Waals surface area contributed by atoms with E-state index in [1.807, 2.05) is 0 Å². The molecule has 0 aliphatic carbocycles. The van der Waals surface area contributed by atoms with Crippen molar-refractivity contribution in [3.8, 4) is 5.75 Å². The third-order valence-electron chi connectivity index (χ3n) is 1.36. The highest BCUT2D eigenvalue weighted by Crippen LogP contribution is 2.25. The Kier molecular flexibility index (Phi) is 3.85. The van der Waals surface area contributed by atoms with E-state index < -0.39 is 5.43 Å². The number of ether oxygens (including phenoxy) is 1. The number of hydrogen-bond donors (Lipinski definition) is 0. The highest BCUT2D eigenvalue weighted by molar-refractivity contribution is 6.61. The van der Waals surface area contributed by atoms with E-state index in [0.717, 1.165) is 0 Å². The Hall–Kier alpha value is -0.440. The maximum atomic E-state index is 10.4. The predicted molar refractivity (Wildman–Crippen MR) is 52.9 cm³/mol. The van der Waals surface area contributed by atoms with Gasteiger partial charge in [-0.15, -0.1) is 11.6 Å². The van der Waals surface area contributed by atoms with Crippen LogP contribution in [0.5, 0.6) is 5.75 Å². The minimum atomic E-state index is -0.909. The Bertz CT molecular complexity index is 325. The van der Waals surface area contributed by atoms with Crippen LogP contribution in [-0.2, 0) is 5.88 Å². The molecule has 0 saturated heterocycles. The molecular formula is C8H5Cl3O2. The third kappa shape index (κ3) is 3.07. The third-order valence-corrected chi connectivity index (χ3v) is 1.96. The van der Waals surface area contributed by atoms with Gasteiger partial charge in [-0.2, -0.15) is 0 Å². The fourth-order valence-electron chi connectivity index (χ4n) is 0.820. The number of carbonyl (C=O) groups is 1. The van der Waals surface area contributed by atoms with Gasteiger partial charge < -0.3 is 4.74 Å². The quantitative estimate of drug-likeness (QED) is 0.579. The van der Waals surface area contributed by atoms with Crippen LogP contribution in [0.25, 0.3) is 0 Å². The van der Waals surface area contributed by atoms with Crippen molar-refractivity contribution in [1.82, 2.24) is 0 Å². The number of benzene rings is 1. The molecule has 1 rings (SSSR count). The van der Waals surface area contributed by atoms with Gasteiger partial charge >= 0.3 is 5.43 Å². The monoisotopic (exact) mass is 238 g/mol. The van der Waals surface area contributed by atoms with E-state index in [2.05, 4.69) is 4.74 Å². The van der Waals surface area contributed by atoms with Gasteiger partial charge in [0, 0.05) is 22.2 Å². The largest absolute Gasteiger partial charge is 0.414 e. The topological polar surface area (TPSA) is 26.3 Å². The summed E-state index contributed by atoms with van der Waals surface area (Å²) in [6.07, 6.45) is 0. The van der Waals surface area contributed by atoms with Gasteiger partial charge in [0.2, 0.25) is 0 Å². The van der Waals surface area contributed by atoms with Crippen LogP contribution in [0.4, 0.5) is 4.79 Å². The lowest BCUT2D eigenvalue weighted by molar-refractivity contribution is 0.225. The summed E-state index contributed by atoms with van der Waals surface area (Å²) < 4.78 is 4.67. The second-order valence-electron chi connectivity index (χ2n) is 2.23. The summed E-state index contributed by atoms with van der Waals surface area (Å²) in [6, 6.07) is 4.81. The molecule has 0 aliphatic heterocycles. The normalized spacial score (nSPS) is 9.77. The smallest absolute Gasteiger partial charge is 0.409 e. The van der Waals surface area contributed by atoms with Gasteiger partial charge in [0.25, 0.3) is 0 Å². The zero-order chi connectivity index (χ0) is 9.84. The van der Waals surface area contributed by atoms with Crippen molar-refractivity contribution in [1.29, 1.82) is 0 Å². The highest BCUT2D eigenvalue weighted by atomic mass is 35.5. The van der Waals surface area contributed by atoms with Crippen LogP contribution < -0.4 is 4.74 Å². The van der Waals surface area contributed by atoms with E-state index in [-0.39, 0.29) is 5.88 Å². The molecule has 0 unspecified atom stereocenters. The molecule has 0 spiro atoms. The van der Waals surface area contributed by atoms with E-state index in [1.54, 1.807) is 12.1 Å². The average Bonchev–Trinajstić information content (AvgIpc) is 2.03. The molecule has 2 nitrogen and oxygen atoms in total. The standard InChI is InChI=1S/C8H5Cl3O2/c9-4-5-1-2-6(10)3-7(5)13-8(11)12/h1-3H,4H2. The van der Waals surface area contributed by atoms with Gasteiger partial charge in [-0.25, -0.2) is 4.79 Å². The van der Waals surface area contributed by atoms with E-state index in [9.17, 15) is 4.79 Å². The molecule has 0 bridgehead atoms. The molecule has 5 heteroatoms. The molecule has 1 aromatic rings. The van der Waals surface area contributed by atoms with E-state index in [4.69, 9.17) is 34.8 Å². The second kappa shape index (κ2) is 4.70. The summed E-state index contributed by atoms with van der Waals surface area (Å²) in [5, 5.41) is 0.460. The van der Waals surface area contributed by atoms with Gasteiger partial charge in [0.05, 0.1) is 5.88 Å². The maximum absolute atomic E-state index is 10.4. The predicted octanol–water partition coefficient (Wildman–Crippen LogP) is 3.82. The number of rotatable bonds is 2. The fourth-order valence-corrected chi connectivity index (χ4v) is 1.29. The molecule has 0 atom stereocenters. The van der Waals surface area contributed by atoms with Crippen LogP contribution in [0.2, 0.25) is 5.02 Å². The van der Waals surface area contributed by atoms with E-state index in [1.165, 1.54) is 6.07 Å². The summed E-state index contributed by atoms with van der Waals surface area (Å²) in [4.78, 5) is 10.4. The summed E-state index contributed by atoms with van der Waals surface area (Å²) >= 11 is 16.3. The van der Waals surface area contributed by atoms with Crippen LogP contribution >= 0.6 is 34.8 Å². The zero-order valence-corrected chi connectivity index (χ0v) is 8.66. The molecule has 13 heavy (non-hydrogen) atoms. The van der Waals surface area contributed by atoms with Gasteiger partial charge in [0.1, 0.15) is 5.75 Å². The Labute approximate surface area is 90.3 Å². The van der Waals surface area contributed by atoms with Gasteiger partial charge in [0.15, 0.2) is 0 Å². The van der Waals surface area contributed by atoms with Gasteiger partial charge in [-0.05, 0) is 12.1 Å². The van der Waals surface area contributed by atoms with E-state index >= 15 is 0 Å². The number of carbonyl (C=O) groups excluding carboxylic acids is 1. The molecule has 0 fully saturated rings. The first-order valence-electron chi connectivity index (χ1n) is 3.35. The molecule has 0 N–H and O–H groups in total. The van der Waals surface area contributed by atoms with Crippen LogP contribution in [0.15, 0.2) is 18.2 Å². The van der Waals surface area contributed by atoms with Gasteiger partial charge in [-0.1, -0.05) is 17.7 Å². The van der Waals surface area contributed by atoms with E-state index in [0.29, 0.717) is 16.3 Å². The van der Waals surface area contributed by atoms with Crippen LogP contribution in [0, 0.1) is 0 Å². The Balaban J connectivity index is 3.01. The summed E-state index contributed by atoms with van der Waals surface area (Å²) in [6.45, 7) is 0. The number of halogens is 3.